The molecule has 0 bridgehead atoms. The molecule has 44 heavy (non-hydrogen) atoms. The molecule has 0 aromatic heterocycles. The van der Waals surface area contributed by atoms with E-state index in [1.165, 1.54) is 0 Å². The van der Waals surface area contributed by atoms with Crippen LogP contribution in [0.4, 0.5) is 0 Å². The number of rotatable bonds is 8. The van der Waals surface area contributed by atoms with Crippen LogP contribution in [-0.2, 0) is 14.3 Å². The molecule has 1 saturated heterocycles. The van der Waals surface area contributed by atoms with Crippen LogP contribution in [0.25, 0.3) is 0 Å². The minimum atomic E-state index is -1.52. The molecule has 0 amide bonds. The number of carbonyl (C=O) groups is 1. The van der Waals surface area contributed by atoms with Gasteiger partial charge >= 0.3 is 0 Å². The normalized spacial score (nSPS) is 48.1. The van der Waals surface area contributed by atoms with Crippen LogP contribution in [0.2, 0.25) is 0 Å². The second kappa shape index (κ2) is 11.6. The van der Waals surface area contributed by atoms with Crippen molar-refractivity contribution >= 4 is 5.78 Å². The molecule has 11 heteroatoms. The van der Waals surface area contributed by atoms with E-state index in [1.54, 1.807) is 26.8 Å². The smallest absolute Gasteiger partial charge is 0.161 e. The Morgan fingerprint density at radius 3 is 2.36 bits per heavy atom. The van der Waals surface area contributed by atoms with E-state index in [1.807, 2.05) is 13.8 Å². The number of aliphatic hydroxyl groups excluding tert-OH is 5. The average molecular weight is 627 g/mol. The molecular formula is C33H54O11. The molecule has 3 saturated carbocycles. The monoisotopic (exact) mass is 626 g/mol. The van der Waals surface area contributed by atoms with E-state index in [9.17, 15) is 45.6 Å². The molecule has 5 rings (SSSR count). The SMILES string of the molecule is CC(C)(O)CCC(O)[C@](C)(O)[C@H]1CC[C@@]2(O)C3=CC(=O)[C@@H]4C[C@@H](OC5C[C@@H](O)[C@H](O)[C@@H](CO)O5)[C@@H](O)C[C@]4(C)[C@H]3CC[C@]12C. The Bertz CT molecular complexity index is 1120. The highest BCUT2D eigenvalue weighted by Crippen LogP contribution is 2.68. The summed E-state index contributed by atoms with van der Waals surface area (Å²) in [4.78, 5) is 13.9. The van der Waals surface area contributed by atoms with Gasteiger partial charge in [-0.3, -0.25) is 4.79 Å². The topological polar surface area (TPSA) is 197 Å². The first-order valence-electron chi connectivity index (χ1n) is 16.4. The minimum Gasteiger partial charge on any atom is -0.394 e. The molecular weight excluding hydrogens is 572 g/mol. The highest BCUT2D eigenvalue weighted by molar-refractivity contribution is 5.95. The first kappa shape index (κ1) is 34.3. The summed E-state index contributed by atoms with van der Waals surface area (Å²) in [6.07, 6.45) is -2.64. The number of carbonyl (C=O) groups excluding carboxylic acids is 1. The van der Waals surface area contributed by atoms with Gasteiger partial charge in [0.2, 0.25) is 0 Å². The number of fused-ring (bicyclic) bond motifs is 5. The van der Waals surface area contributed by atoms with Crippen molar-refractivity contribution in [2.24, 2.45) is 28.6 Å². The van der Waals surface area contributed by atoms with Crippen molar-refractivity contribution in [3.63, 3.8) is 0 Å². The van der Waals surface area contributed by atoms with Crippen LogP contribution in [0, 0.1) is 28.6 Å². The molecule has 1 aliphatic heterocycles. The van der Waals surface area contributed by atoms with Crippen molar-refractivity contribution in [3.8, 4) is 0 Å². The summed E-state index contributed by atoms with van der Waals surface area (Å²) in [6.45, 7) is 8.39. The Morgan fingerprint density at radius 1 is 1.05 bits per heavy atom. The Hall–Kier alpha value is -0.990. The van der Waals surface area contributed by atoms with Crippen LogP contribution in [-0.4, -0.2) is 113 Å². The zero-order valence-corrected chi connectivity index (χ0v) is 26.7. The standard InChI is InChI=1S/C33H54O11/c1-29(2,40)9-8-26(38)32(5,41)25-7-11-33(42)18-12-20(35)19-13-23(43-27-14-21(36)28(39)24(16-34)44-27)22(37)15-30(19,3)17(18)6-10-31(25,33)4/h12,17,19,21-28,34,36-42H,6-11,13-16H2,1-5H3/t17-,19-,21+,22-,23+,24+,25-,26?,27?,28-,30+,31+,32+,33+/m0/s1. The summed E-state index contributed by atoms with van der Waals surface area (Å²) >= 11 is 0. The van der Waals surface area contributed by atoms with E-state index >= 15 is 0 Å². The van der Waals surface area contributed by atoms with Crippen LogP contribution in [0.1, 0.15) is 92.4 Å². The maximum atomic E-state index is 13.9. The number of aliphatic hydroxyl groups is 8. The minimum absolute atomic E-state index is 0.0353. The predicted octanol–water partition coefficient (Wildman–Crippen LogP) is 0.707. The molecule has 8 N–H and O–H groups in total. The van der Waals surface area contributed by atoms with Crippen LogP contribution in [0.15, 0.2) is 11.6 Å². The van der Waals surface area contributed by atoms with Gasteiger partial charge in [0.15, 0.2) is 12.1 Å². The van der Waals surface area contributed by atoms with Crippen LogP contribution < -0.4 is 0 Å². The van der Waals surface area contributed by atoms with Crippen molar-refractivity contribution in [2.45, 2.75) is 152 Å². The summed E-state index contributed by atoms with van der Waals surface area (Å²) in [5.74, 6) is -1.25. The lowest BCUT2D eigenvalue weighted by molar-refractivity contribution is -0.285. The lowest BCUT2D eigenvalue weighted by atomic mass is 9.45. The van der Waals surface area contributed by atoms with E-state index in [0.29, 0.717) is 37.7 Å². The van der Waals surface area contributed by atoms with Crippen molar-refractivity contribution in [1.29, 1.82) is 0 Å². The number of allylic oxidation sites excluding steroid dienone is 1. The van der Waals surface area contributed by atoms with Crippen molar-refractivity contribution in [2.75, 3.05) is 6.61 Å². The van der Waals surface area contributed by atoms with Gasteiger partial charge in [-0.1, -0.05) is 13.8 Å². The van der Waals surface area contributed by atoms with E-state index in [4.69, 9.17) is 9.47 Å². The molecule has 4 aliphatic carbocycles. The molecule has 252 valence electrons. The summed E-state index contributed by atoms with van der Waals surface area (Å²) < 4.78 is 11.7. The van der Waals surface area contributed by atoms with Gasteiger partial charge in [-0.25, -0.2) is 0 Å². The van der Waals surface area contributed by atoms with Gasteiger partial charge < -0.3 is 50.3 Å². The molecule has 2 unspecified atom stereocenters. The van der Waals surface area contributed by atoms with Gasteiger partial charge in [-0.15, -0.1) is 0 Å². The van der Waals surface area contributed by atoms with Gasteiger partial charge in [0.05, 0.1) is 47.8 Å². The first-order valence-corrected chi connectivity index (χ1v) is 16.4. The van der Waals surface area contributed by atoms with Gasteiger partial charge in [0, 0.05) is 17.8 Å². The number of ketones is 1. The zero-order chi connectivity index (χ0) is 32.6. The molecule has 5 aliphatic rings. The lowest BCUT2D eigenvalue weighted by Gasteiger charge is -2.61. The maximum Gasteiger partial charge on any atom is 0.161 e. The summed E-state index contributed by atoms with van der Waals surface area (Å²) in [5.41, 5.74) is -4.67. The maximum absolute atomic E-state index is 13.9. The molecule has 14 atom stereocenters. The van der Waals surface area contributed by atoms with E-state index in [0.717, 1.165) is 0 Å². The lowest BCUT2D eigenvalue weighted by Crippen LogP contribution is -2.63. The third-order valence-corrected chi connectivity index (χ3v) is 12.5. The third-order valence-electron chi connectivity index (χ3n) is 12.5. The summed E-state index contributed by atoms with van der Waals surface area (Å²) in [6, 6.07) is 0. The van der Waals surface area contributed by atoms with Crippen molar-refractivity contribution in [1.82, 2.24) is 0 Å². The fraction of sp³-hybridized carbons (Fsp3) is 0.909. The fourth-order valence-corrected chi connectivity index (χ4v) is 9.80. The number of hydrogen-bond donors (Lipinski definition) is 8. The van der Waals surface area contributed by atoms with Gasteiger partial charge in [-0.2, -0.15) is 0 Å². The average Bonchev–Trinajstić information content (AvgIpc) is 3.21. The Balaban J connectivity index is 1.36. The van der Waals surface area contributed by atoms with Gasteiger partial charge in [0.25, 0.3) is 0 Å². The van der Waals surface area contributed by atoms with Crippen molar-refractivity contribution < 1.29 is 55.1 Å². The molecule has 0 aromatic carbocycles. The highest BCUT2D eigenvalue weighted by atomic mass is 16.7. The first-order chi connectivity index (χ1) is 20.3. The quantitative estimate of drug-likeness (QED) is 0.189. The zero-order valence-electron chi connectivity index (χ0n) is 26.7. The molecule has 0 aromatic rings. The Labute approximate surface area is 259 Å². The van der Waals surface area contributed by atoms with Crippen LogP contribution in [0.5, 0.6) is 0 Å². The number of ether oxygens (including phenoxy) is 2. The molecule has 0 radical (unpaired) electrons. The second-order valence-electron chi connectivity index (χ2n) is 15.9. The Kier molecular flexibility index (Phi) is 9.06. The fourth-order valence-electron chi connectivity index (χ4n) is 9.80. The number of hydrogen-bond acceptors (Lipinski definition) is 11. The largest absolute Gasteiger partial charge is 0.394 e. The van der Waals surface area contributed by atoms with E-state index in [2.05, 4.69) is 0 Å². The molecule has 1 heterocycles. The highest BCUT2D eigenvalue weighted by Gasteiger charge is 2.69. The summed E-state index contributed by atoms with van der Waals surface area (Å²) in [7, 11) is 0. The summed E-state index contributed by atoms with van der Waals surface area (Å²) in [5, 5.41) is 86.6. The van der Waals surface area contributed by atoms with Crippen molar-refractivity contribution in [3.05, 3.63) is 11.6 Å². The second-order valence-corrected chi connectivity index (χ2v) is 15.9. The van der Waals surface area contributed by atoms with Crippen LogP contribution >= 0.6 is 0 Å². The molecule has 11 nitrogen and oxygen atoms in total. The molecule has 4 fully saturated rings. The van der Waals surface area contributed by atoms with Gasteiger partial charge in [0.1, 0.15) is 12.2 Å². The third kappa shape index (κ3) is 5.52. The predicted molar refractivity (Wildman–Crippen MR) is 158 cm³/mol. The molecule has 0 spiro atoms. The van der Waals surface area contributed by atoms with E-state index < -0.39 is 89.0 Å². The van der Waals surface area contributed by atoms with Crippen LogP contribution in [0.3, 0.4) is 0 Å². The van der Waals surface area contributed by atoms with E-state index in [-0.39, 0.29) is 37.4 Å². The Morgan fingerprint density at radius 2 is 1.73 bits per heavy atom. The van der Waals surface area contributed by atoms with Gasteiger partial charge in [-0.05, 0) is 101 Å².